The van der Waals surface area contributed by atoms with E-state index in [-0.39, 0.29) is 35.1 Å². The normalized spacial score (nSPS) is 21.9. The lowest BCUT2D eigenvalue weighted by atomic mass is 9.79. The molecule has 1 aromatic rings. The molecular formula is C14H25ClN4O2. The van der Waals surface area contributed by atoms with Crippen molar-refractivity contribution in [1.82, 2.24) is 14.0 Å². The topological polar surface area (TPSA) is 73.3 Å². The van der Waals surface area contributed by atoms with E-state index in [2.05, 4.69) is 18.7 Å². The summed E-state index contributed by atoms with van der Waals surface area (Å²) in [5.74, 6) is 0. The molecule has 0 aromatic carbocycles. The second kappa shape index (κ2) is 6.34. The summed E-state index contributed by atoms with van der Waals surface area (Å²) in [7, 11) is 3.19. The first kappa shape index (κ1) is 17.9. The van der Waals surface area contributed by atoms with E-state index >= 15 is 0 Å². The van der Waals surface area contributed by atoms with Gasteiger partial charge in [0.1, 0.15) is 0 Å². The van der Waals surface area contributed by atoms with Crippen molar-refractivity contribution >= 4 is 12.4 Å². The lowest BCUT2D eigenvalue weighted by molar-refractivity contribution is 0.0892. The maximum atomic E-state index is 12.1. The van der Waals surface area contributed by atoms with Gasteiger partial charge in [0.2, 0.25) is 0 Å². The molecule has 0 saturated carbocycles. The molecule has 0 bridgehead atoms. The highest BCUT2D eigenvalue weighted by Crippen LogP contribution is 2.28. The van der Waals surface area contributed by atoms with Crippen molar-refractivity contribution in [3.05, 3.63) is 32.6 Å². The van der Waals surface area contributed by atoms with E-state index < -0.39 is 0 Å². The number of nitrogens with two attached hydrogens (primary N) is 1. The third kappa shape index (κ3) is 3.56. The molecule has 1 saturated heterocycles. The predicted molar refractivity (Wildman–Crippen MR) is 85.8 cm³/mol. The van der Waals surface area contributed by atoms with Crippen LogP contribution in [0.15, 0.2) is 15.8 Å². The average molecular weight is 317 g/mol. The fourth-order valence-electron chi connectivity index (χ4n) is 2.85. The Morgan fingerprint density at radius 2 is 1.95 bits per heavy atom. The Balaban J connectivity index is 0.00000220. The van der Waals surface area contributed by atoms with E-state index in [1.165, 1.54) is 11.6 Å². The van der Waals surface area contributed by atoms with Gasteiger partial charge in [-0.1, -0.05) is 13.8 Å². The Morgan fingerprint density at radius 3 is 2.52 bits per heavy atom. The van der Waals surface area contributed by atoms with Crippen LogP contribution in [0.25, 0.3) is 0 Å². The summed E-state index contributed by atoms with van der Waals surface area (Å²) in [4.78, 5) is 26.1. The molecule has 6 nitrogen and oxygen atoms in total. The molecule has 1 aliphatic heterocycles. The van der Waals surface area contributed by atoms with Crippen molar-refractivity contribution in [2.75, 3.05) is 13.1 Å². The Kier molecular flexibility index (Phi) is 5.41. The molecule has 120 valence electrons. The lowest BCUT2D eigenvalue weighted by Gasteiger charge is -2.42. The standard InChI is InChI=1S/C14H24N4O2.ClH/c1-14(2)9-18(6-5-11(14)15)8-10-7-16(3)13(20)17(4)12(10)19;/h7,11H,5-6,8-9,15H2,1-4H3;1H. The molecule has 2 heterocycles. The van der Waals surface area contributed by atoms with Gasteiger partial charge in [-0.05, 0) is 11.8 Å². The molecule has 7 heteroatoms. The minimum Gasteiger partial charge on any atom is -0.327 e. The molecular weight excluding hydrogens is 292 g/mol. The number of likely N-dealkylation sites (tertiary alicyclic amines) is 1. The molecule has 1 atom stereocenters. The first-order chi connectivity index (χ1) is 9.22. The van der Waals surface area contributed by atoms with Crippen LogP contribution in [0.1, 0.15) is 25.8 Å². The molecule has 0 radical (unpaired) electrons. The van der Waals surface area contributed by atoms with Gasteiger partial charge in [0.05, 0.1) is 0 Å². The van der Waals surface area contributed by atoms with Crippen molar-refractivity contribution in [1.29, 1.82) is 0 Å². The molecule has 21 heavy (non-hydrogen) atoms. The van der Waals surface area contributed by atoms with Crippen LogP contribution in [0.3, 0.4) is 0 Å². The number of aryl methyl sites for hydroxylation is 1. The van der Waals surface area contributed by atoms with Crippen LogP contribution in [0.5, 0.6) is 0 Å². The Hall–Kier alpha value is -1.11. The second-order valence-corrected chi connectivity index (χ2v) is 6.51. The number of halogens is 1. The van der Waals surface area contributed by atoms with Gasteiger partial charge in [0, 0.05) is 51.5 Å². The van der Waals surface area contributed by atoms with Crippen LogP contribution in [0, 0.1) is 5.41 Å². The molecule has 2 rings (SSSR count). The van der Waals surface area contributed by atoms with E-state index in [0.29, 0.717) is 12.1 Å². The van der Waals surface area contributed by atoms with Crippen LogP contribution in [-0.4, -0.2) is 33.2 Å². The number of aromatic nitrogens is 2. The number of rotatable bonds is 2. The third-order valence-corrected chi connectivity index (χ3v) is 4.30. The van der Waals surface area contributed by atoms with Crippen molar-refractivity contribution in [2.24, 2.45) is 25.2 Å². The van der Waals surface area contributed by atoms with E-state index in [0.717, 1.165) is 24.1 Å². The van der Waals surface area contributed by atoms with Crippen molar-refractivity contribution in [2.45, 2.75) is 32.9 Å². The van der Waals surface area contributed by atoms with E-state index in [4.69, 9.17) is 5.73 Å². The van der Waals surface area contributed by atoms with Crippen molar-refractivity contribution in [3.63, 3.8) is 0 Å². The molecule has 0 amide bonds. The van der Waals surface area contributed by atoms with E-state index in [1.807, 2.05) is 0 Å². The van der Waals surface area contributed by atoms with E-state index in [9.17, 15) is 9.59 Å². The molecule has 1 aromatic heterocycles. The zero-order valence-corrected chi connectivity index (χ0v) is 13.9. The number of piperidine rings is 1. The fraction of sp³-hybridized carbons (Fsp3) is 0.714. The fourth-order valence-corrected chi connectivity index (χ4v) is 2.85. The molecule has 2 N–H and O–H groups in total. The van der Waals surface area contributed by atoms with Crippen LogP contribution in [0.4, 0.5) is 0 Å². The van der Waals surface area contributed by atoms with Crippen LogP contribution < -0.4 is 17.0 Å². The number of hydrogen-bond donors (Lipinski definition) is 1. The quantitative estimate of drug-likeness (QED) is 0.837. The zero-order chi connectivity index (χ0) is 15.1. The van der Waals surface area contributed by atoms with Crippen LogP contribution in [-0.2, 0) is 20.6 Å². The number of hydrogen-bond acceptors (Lipinski definition) is 4. The molecule has 1 unspecified atom stereocenters. The summed E-state index contributed by atoms with van der Waals surface area (Å²) < 4.78 is 2.62. The first-order valence-corrected chi connectivity index (χ1v) is 6.96. The lowest BCUT2D eigenvalue weighted by Crippen LogP contribution is -2.52. The third-order valence-electron chi connectivity index (χ3n) is 4.30. The van der Waals surface area contributed by atoms with Crippen LogP contribution >= 0.6 is 12.4 Å². The van der Waals surface area contributed by atoms with Gasteiger partial charge in [0.15, 0.2) is 0 Å². The summed E-state index contributed by atoms with van der Waals surface area (Å²) >= 11 is 0. The summed E-state index contributed by atoms with van der Waals surface area (Å²) in [6.45, 7) is 6.62. The van der Waals surface area contributed by atoms with Crippen molar-refractivity contribution < 1.29 is 0 Å². The summed E-state index contributed by atoms with van der Waals surface area (Å²) in [5, 5.41) is 0. The summed E-state index contributed by atoms with van der Waals surface area (Å²) in [6.07, 6.45) is 2.57. The highest BCUT2D eigenvalue weighted by molar-refractivity contribution is 5.85. The van der Waals surface area contributed by atoms with E-state index in [1.54, 1.807) is 13.2 Å². The average Bonchev–Trinajstić information content (AvgIpc) is 2.37. The first-order valence-electron chi connectivity index (χ1n) is 6.96. The highest BCUT2D eigenvalue weighted by Gasteiger charge is 2.33. The predicted octanol–water partition coefficient (Wildman–Crippen LogP) is 0.0650. The Morgan fingerprint density at radius 1 is 1.33 bits per heavy atom. The van der Waals surface area contributed by atoms with Gasteiger partial charge < -0.3 is 10.3 Å². The molecule has 1 fully saturated rings. The van der Waals surface area contributed by atoms with Crippen molar-refractivity contribution in [3.8, 4) is 0 Å². The van der Waals surface area contributed by atoms with Gasteiger partial charge in [0.25, 0.3) is 5.56 Å². The van der Waals surface area contributed by atoms with Gasteiger partial charge in [-0.3, -0.25) is 14.3 Å². The van der Waals surface area contributed by atoms with Gasteiger partial charge in [-0.15, -0.1) is 12.4 Å². The van der Waals surface area contributed by atoms with Gasteiger partial charge in [-0.25, -0.2) is 4.79 Å². The zero-order valence-electron chi connectivity index (χ0n) is 13.1. The summed E-state index contributed by atoms with van der Waals surface area (Å²) in [5.41, 5.74) is 6.33. The minimum atomic E-state index is -0.292. The maximum absolute atomic E-state index is 12.1. The summed E-state index contributed by atoms with van der Waals surface area (Å²) in [6, 6.07) is 0.196. The van der Waals surface area contributed by atoms with Gasteiger partial charge in [-0.2, -0.15) is 0 Å². The van der Waals surface area contributed by atoms with Crippen LogP contribution in [0.2, 0.25) is 0 Å². The SMILES string of the molecule is Cl.Cn1cc(CN2CCC(N)C(C)(C)C2)c(=O)n(C)c1=O. The molecule has 0 spiro atoms. The monoisotopic (exact) mass is 316 g/mol. The molecule has 0 aliphatic carbocycles. The number of nitrogens with zero attached hydrogens (tertiary/aromatic N) is 3. The highest BCUT2D eigenvalue weighted by atomic mass is 35.5. The Bertz CT molecular complexity index is 620. The van der Waals surface area contributed by atoms with Gasteiger partial charge >= 0.3 is 5.69 Å². The molecule has 1 aliphatic rings. The Labute approximate surface area is 131 Å². The largest absolute Gasteiger partial charge is 0.330 e. The minimum absolute atomic E-state index is 0. The maximum Gasteiger partial charge on any atom is 0.330 e. The smallest absolute Gasteiger partial charge is 0.327 e. The second-order valence-electron chi connectivity index (χ2n) is 6.51.